The molecule has 0 spiro atoms. The van der Waals surface area contributed by atoms with Crippen molar-refractivity contribution in [3.05, 3.63) is 46.8 Å². The zero-order chi connectivity index (χ0) is 17.2. The fourth-order valence-corrected chi connectivity index (χ4v) is 3.35. The van der Waals surface area contributed by atoms with E-state index in [0.29, 0.717) is 17.1 Å². The van der Waals surface area contributed by atoms with Gasteiger partial charge < -0.3 is 9.84 Å². The van der Waals surface area contributed by atoms with Gasteiger partial charge in [-0.2, -0.15) is 0 Å². The Morgan fingerprint density at radius 2 is 1.96 bits per heavy atom. The van der Waals surface area contributed by atoms with Crippen LogP contribution in [0.2, 0.25) is 0 Å². The minimum absolute atomic E-state index is 0.300. The molecule has 2 aromatic rings. The lowest BCUT2D eigenvalue weighted by atomic mass is 10.1. The summed E-state index contributed by atoms with van der Waals surface area (Å²) < 4.78 is 29.5. The van der Waals surface area contributed by atoms with Crippen molar-refractivity contribution in [3.63, 3.8) is 0 Å². The minimum Gasteiger partial charge on any atom is -0.361 e. The van der Waals surface area contributed by atoms with Crippen molar-refractivity contribution in [1.29, 1.82) is 0 Å². The maximum Gasteiger partial charge on any atom is 0.242 e. The number of nitrogens with one attached hydrogen (secondary N) is 1. The molecule has 7 heteroatoms. The number of hydrogen-bond acceptors (Lipinski definition) is 5. The summed E-state index contributed by atoms with van der Waals surface area (Å²) in [4.78, 5) is 12.3. The molecular formula is C16H20N2O4S. The largest absolute Gasteiger partial charge is 0.361 e. The molecule has 1 unspecified atom stereocenters. The molecule has 0 aliphatic carbocycles. The highest BCUT2D eigenvalue weighted by atomic mass is 32.2. The summed E-state index contributed by atoms with van der Waals surface area (Å²) in [5.41, 5.74) is 2.87. The summed E-state index contributed by atoms with van der Waals surface area (Å²) in [6.45, 7) is 6.87. The van der Waals surface area contributed by atoms with Crippen molar-refractivity contribution < 1.29 is 17.7 Å². The highest BCUT2D eigenvalue weighted by Gasteiger charge is 2.29. The van der Waals surface area contributed by atoms with E-state index in [1.807, 2.05) is 26.0 Å². The van der Waals surface area contributed by atoms with E-state index in [9.17, 15) is 13.2 Å². The van der Waals surface area contributed by atoms with Crippen LogP contribution in [-0.4, -0.2) is 24.7 Å². The molecule has 23 heavy (non-hydrogen) atoms. The maximum absolute atomic E-state index is 12.3. The van der Waals surface area contributed by atoms with E-state index in [2.05, 4.69) is 10.5 Å². The number of nitrogens with zero attached hydrogens (tertiary/aromatic N) is 1. The molecule has 0 radical (unpaired) electrons. The van der Waals surface area contributed by atoms with E-state index in [1.54, 1.807) is 19.1 Å². The average Bonchev–Trinajstić information content (AvgIpc) is 2.85. The van der Waals surface area contributed by atoms with Crippen LogP contribution < -0.4 is 5.32 Å². The molecule has 0 saturated carbocycles. The van der Waals surface area contributed by atoms with Gasteiger partial charge in [-0.1, -0.05) is 22.9 Å². The molecule has 0 fully saturated rings. The first-order valence-corrected chi connectivity index (χ1v) is 8.92. The van der Waals surface area contributed by atoms with E-state index in [-0.39, 0.29) is 5.75 Å². The van der Waals surface area contributed by atoms with Crippen molar-refractivity contribution in [2.75, 3.05) is 5.32 Å². The van der Waals surface area contributed by atoms with Crippen molar-refractivity contribution in [2.24, 2.45) is 0 Å². The Kier molecular flexibility index (Phi) is 4.89. The minimum atomic E-state index is -3.67. The quantitative estimate of drug-likeness (QED) is 0.906. The molecule has 0 saturated heterocycles. The van der Waals surface area contributed by atoms with E-state index < -0.39 is 21.0 Å². The van der Waals surface area contributed by atoms with Gasteiger partial charge in [0.1, 0.15) is 11.0 Å². The summed E-state index contributed by atoms with van der Waals surface area (Å²) in [7, 11) is -3.67. The number of amides is 1. The predicted octanol–water partition coefficient (Wildman–Crippen LogP) is 2.54. The van der Waals surface area contributed by atoms with Gasteiger partial charge in [-0.3, -0.25) is 4.79 Å². The fourth-order valence-electron chi connectivity index (χ4n) is 2.17. The third kappa shape index (κ3) is 4.19. The SMILES string of the molecule is Cc1ccc(NC(=O)C(C)S(=O)(=O)Cc2cc(C)on2)c(C)c1. The van der Waals surface area contributed by atoms with Crippen LogP contribution in [-0.2, 0) is 20.4 Å². The summed E-state index contributed by atoms with van der Waals surface area (Å²) in [5, 5.41) is 5.16. The number of carbonyl (C=O) groups is 1. The van der Waals surface area contributed by atoms with Crippen LogP contribution in [0.15, 0.2) is 28.8 Å². The molecule has 1 N–H and O–H groups in total. The second kappa shape index (κ2) is 6.54. The molecule has 6 nitrogen and oxygen atoms in total. The Bertz CT molecular complexity index is 824. The number of sulfone groups is 1. The number of rotatable bonds is 5. The zero-order valence-corrected chi connectivity index (χ0v) is 14.4. The molecule has 2 rings (SSSR count). The highest BCUT2D eigenvalue weighted by Crippen LogP contribution is 2.18. The molecule has 1 aromatic heterocycles. The molecule has 1 atom stereocenters. The molecule has 0 aliphatic rings. The molecule has 0 aliphatic heterocycles. The van der Waals surface area contributed by atoms with Gasteiger partial charge in [0.25, 0.3) is 0 Å². The second-order valence-corrected chi connectivity index (χ2v) is 8.01. The number of anilines is 1. The molecule has 124 valence electrons. The Labute approximate surface area is 135 Å². The summed E-state index contributed by atoms with van der Waals surface area (Å²) in [5.74, 6) is -0.356. The van der Waals surface area contributed by atoms with Crippen LogP contribution in [0.4, 0.5) is 5.69 Å². The van der Waals surface area contributed by atoms with Gasteiger partial charge in [0.2, 0.25) is 5.91 Å². The topological polar surface area (TPSA) is 89.3 Å². The molecule has 1 amide bonds. The van der Waals surface area contributed by atoms with Crippen molar-refractivity contribution in [1.82, 2.24) is 5.16 Å². The maximum atomic E-state index is 12.3. The molecule has 0 bridgehead atoms. The Balaban J connectivity index is 2.11. The normalized spacial score (nSPS) is 12.9. The van der Waals surface area contributed by atoms with E-state index in [0.717, 1.165) is 11.1 Å². The second-order valence-electron chi connectivity index (χ2n) is 5.69. The highest BCUT2D eigenvalue weighted by molar-refractivity contribution is 7.92. The molecule has 1 aromatic carbocycles. The van der Waals surface area contributed by atoms with Gasteiger partial charge >= 0.3 is 0 Å². The number of aryl methyl sites for hydroxylation is 3. The van der Waals surface area contributed by atoms with E-state index in [4.69, 9.17) is 4.52 Å². The van der Waals surface area contributed by atoms with Crippen LogP contribution >= 0.6 is 0 Å². The average molecular weight is 336 g/mol. The lowest BCUT2D eigenvalue weighted by Gasteiger charge is -2.14. The summed E-state index contributed by atoms with van der Waals surface area (Å²) in [6, 6.07) is 7.10. The van der Waals surface area contributed by atoms with Crippen molar-refractivity contribution in [3.8, 4) is 0 Å². The smallest absolute Gasteiger partial charge is 0.242 e. The molecule has 1 heterocycles. The third-order valence-electron chi connectivity index (χ3n) is 3.57. The van der Waals surface area contributed by atoms with E-state index >= 15 is 0 Å². The van der Waals surface area contributed by atoms with Gasteiger partial charge in [0.15, 0.2) is 9.84 Å². The van der Waals surface area contributed by atoms with Gasteiger partial charge in [0.05, 0.1) is 11.4 Å². The Hall–Kier alpha value is -2.15. The van der Waals surface area contributed by atoms with Crippen molar-refractivity contribution in [2.45, 2.75) is 38.7 Å². The number of benzene rings is 1. The van der Waals surface area contributed by atoms with Crippen LogP contribution in [0.3, 0.4) is 0 Å². The lowest BCUT2D eigenvalue weighted by Crippen LogP contribution is -2.33. The van der Waals surface area contributed by atoms with Crippen LogP contribution in [0.1, 0.15) is 29.5 Å². The van der Waals surface area contributed by atoms with Gasteiger partial charge in [0, 0.05) is 11.8 Å². The number of hydrogen-bond donors (Lipinski definition) is 1. The van der Waals surface area contributed by atoms with Gasteiger partial charge in [-0.15, -0.1) is 0 Å². The first kappa shape index (κ1) is 17.2. The van der Waals surface area contributed by atoms with E-state index in [1.165, 1.54) is 6.92 Å². The fraction of sp³-hybridized carbons (Fsp3) is 0.375. The third-order valence-corrected chi connectivity index (χ3v) is 5.56. The van der Waals surface area contributed by atoms with Crippen LogP contribution in [0.5, 0.6) is 0 Å². The standard InChI is InChI=1S/C16H20N2O4S/c1-10-5-6-15(11(2)7-10)17-16(19)13(4)23(20,21)9-14-8-12(3)22-18-14/h5-8,13H,9H2,1-4H3,(H,17,19). The lowest BCUT2D eigenvalue weighted by molar-refractivity contribution is -0.115. The summed E-state index contributed by atoms with van der Waals surface area (Å²) in [6.07, 6.45) is 0. The number of aromatic nitrogens is 1. The zero-order valence-electron chi connectivity index (χ0n) is 13.6. The first-order valence-electron chi connectivity index (χ1n) is 7.21. The monoisotopic (exact) mass is 336 g/mol. The summed E-state index contributed by atoms with van der Waals surface area (Å²) >= 11 is 0. The number of carbonyl (C=O) groups excluding carboxylic acids is 1. The Morgan fingerprint density at radius 3 is 2.52 bits per heavy atom. The van der Waals surface area contributed by atoms with Crippen LogP contribution in [0.25, 0.3) is 0 Å². The molecular weight excluding hydrogens is 316 g/mol. The van der Waals surface area contributed by atoms with Crippen molar-refractivity contribution >= 4 is 21.4 Å². The van der Waals surface area contributed by atoms with Gasteiger partial charge in [-0.05, 0) is 39.3 Å². The first-order chi connectivity index (χ1) is 10.7. The Morgan fingerprint density at radius 1 is 1.26 bits per heavy atom. The van der Waals surface area contributed by atoms with Crippen LogP contribution in [0, 0.1) is 20.8 Å². The van der Waals surface area contributed by atoms with Gasteiger partial charge in [-0.25, -0.2) is 8.42 Å². The predicted molar refractivity (Wildman–Crippen MR) is 87.9 cm³/mol.